The van der Waals surface area contributed by atoms with Gasteiger partial charge in [0.1, 0.15) is 11.5 Å². The fourth-order valence-corrected chi connectivity index (χ4v) is 5.52. The molecule has 3 heterocycles. The van der Waals surface area contributed by atoms with Gasteiger partial charge < -0.3 is 9.80 Å². The summed E-state index contributed by atoms with van der Waals surface area (Å²) in [4.78, 5) is 30.8. The number of nitrogens with zero attached hydrogens (tertiary/aromatic N) is 4. The Morgan fingerprint density at radius 3 is 2.66 bits per heavy atom. The van der Waals surface area contributed by atoms with Gasteiger partial charge in [0.05, 0.1) is 17.3 Å². The molecule has 5 rings (SSSR count). The maximum Gasteiger partial charge on any atom is 0.272 e. The van der Waals surface area contributed by atoms with Gasteiger partial charge in [0.15, 0.2) is 0 Å². The number of aryl methyl sites for hydroxylation is 1. The van der Waals surface area contributed by atoms with Crippen molar-refractivity contribution >= 4 is 11.8 Å². The summed E-state index contributed by atoms with van der Waals surface area (Å²) in [6.07, 6.45) is 6.19. The molecule has 0 bridgehead atoms. The van der Waals surface area contributed by atoms with Gasteiger partial charge >= 0.3 is 0 Å². The third kappa shape index (κ3) is 3.71. The van der Waals surface area contributed by atoms with Gasteiger partial charge in [0.25, 0.3) is 5.91 Å². The summed E-state index contributed by atoms with van der Waals surface area (Å²) in [7, 11) is 1.84. The Balaban J connectivity index is 1.44. The lowest BCUT2D eigenvalue weighted by Gasteiger charge is -2.45. The molecule has 7 heteroatoms. The highest BCUT2D eigenvalue weighted by Gasteiger charge is 2.51. The number of carbonyl (C=O) groups excluding carboxylic acids is 2. The van der Waals surface area contributed by atoms with E-state index < -0.39 is 5.54 Å². The van der Waals surface area contributed by atoms with E-state index in [4.69, 9.17) is 0 Å². The molecule has 0 N–H and O–H groups in total. The van der Waals surface area contributed by atoms with E-state index in [0.29, 0.717) is 31.1 Å². The maximum absolute atomic E-state index is 13.6. The van der Waals surface area contributed by atoms with E-state index in [9.17, 15) is 14.0 Å². The second kappa shape index (κ2) is 8.01. The van der Waals surface area contributed by atoms with Crippen molar-refractivity contribution in [1.29, 1.82) is 0 Å². The molecule has 32 heavy (non-hydrogen) atoms. The van der Waals surface area contributed by atoms with Gasteiger partial charge in [-0.2, -0.15) is 5.10 Å². The van der Waals surface area contributed by atoms with Crippen LogP contribution in [0.3, 0.4) is 0 Å². The average molecular weight is 439 g/mol. The number of carbonyl (C=O) groups is 2. The Hall–Kier alpha value is -2.70. The van der Waals surface area contributed by atoms with E-state index in [1.807, 2.05) is 22.9 Å². The molecule has 0 unspecified atom stereocenters. The number of benzene rings is 1. The zero-order valence-corrected chi connectivity index (χ0v) is 18.9. The molecule has 0 radical (unpaired) electrons. The van der Waals surface area contributed by atoms with Gasteiger partial charge in [-0.05, 0) is 62.8 Å². The molecular formula is C25H31FN4O2. The highest BCUT2D eigenvalue weighted by Crippen LogP contribution is 2.42. The van der Waals surface area contributed by atoms with Crippen LogP contribution >= 0.6 is 0 Å². The SMILES string of the molecule is Cn1nc(C2CC2)cc1C(=O)N1CC[C@]2(C)[C@H]1CCCCC(=O)N2Cc1ccc(F)cc1. The van der Waals surface area contributed by atoms with Gasteiger partial charge in [-0.15, -0.1) is 0 Å². The van der Waals surface area contributed by atoms with Crippen molar-refractivity contribution in [3.63, 3.8) is 0 Å². The number of rotatable bonds is 4. The lowest BCUT2D eigenvalue weighted by atomic mass is 9.84. The quantitative estimate of drug-likeness (QED) is 0.725. The Bertz CT molecular complexity index is 1030. The van der Waals surface area contributed by atoms with Crippen LogP contribution in [-0.2, 0) is 18.4 Å². The topological polar surface area (TPSA) is 58.4 Å². The van der Waals surface area contributed by atoms with E-state index >= 15 is 0 Å². The Morgan fingerprint density at radius 1 is 1.19 bits per heavy atom. The van der Waals surface area contributed by atoms with E-state index in [2.05, 4.69) is 12.0 Å². The van der Waals surface area contributed by atoms with Crippen LogP contribution in [0, 0.1) is 5.82 Å². The van der Waals surface area contributed by atoms with Gasteiger partial charge in [-0.1, -0.05) is 18.6 Å². The molecule has 1 aliphatic carbocycles. The minimum atomic E-state index is -0.445. The molecular weight excluding hydrogens is 407 g/mol. The fourth-order valence-electron chi connectivity index (χ4n) is 5.52. The molecule has 1 aromatic carbocycles. The van der Waals surface area contributed by atoms with Crippen molar-refractivity contribution in [1.82, 2.24) is 19.6 Å². The molecule has 1 saturated carbocycles. The van der Waals surface area contributed by atoms with Crippen LogP contribution in [-0.4, -0.2) is 49.5 Å². The fraction of sp³-hybridized carbons (Fsp3) is 0.560. The Labute approximate surface area is 188 Å². The van der Waals surface area contributed by atoms with Crippen molar-refractivity contribution in [2.45, 2.75) is 75.9 Å². The van der Waals surface area contributed by atoms with Gasteiger partial charge in [0.2, 0.25) is 5.91 Å². The van der Waals surface area contributed by atoms with Gasteiger partial charge in [-0.3, -0.25) is 14.3 Å². The summed E-state index contributed by atoms with van der Waals surface area (Å²) in [6.45, 7) is 3.18. The number of amides is 2. The lowest BCUT2D eigenvalue weighted by Crippen LogP contribution is -2.58. The molecule has 2 aromatic rings. The summed E-state index contributed by atoms with van der Waals surface area (Å²) in [6, 6.07) is 8.28. The third-order valence-electron chi connectivity index (χ3n) is 7.62. The molecule has 170 valence electrons. The standard InChI is InChI=1S/C25H31FN4O2/c1-25-13-14-29(24(32)21-15-20(18-9-10-18)27-28(21)2)22(25)5-3-4-6-23(31)30(25)16-17-7-11-19(26)12-8-17/h7-8,11-12,15,18,22H,3-6,9-10,13-14,16H2,1-2H3/t22-,25-/m1/s1. The molecule has 2 amide bonds. The summed E-state index contributed by atoms with van der Waals surface area (Å²) in [5.41, 5.74) is 2.11. The van der Waals surface area contributed by atoms with Crippen molar-refractivity contribution in [3.05, 3.63) is 53.1 Å². The van der Waals surface area contributed by atoms with Crippen LogP contribution in [0.1, 0.15) is 79.5 Å². The monoisotopic (exact) mass is 438 g/mol. The number of halogens is 1. The first kappa shape index (κ1) is 21.2. The van der Waals surface area contributed by atoms with Gasteiger partial charge in [-0.25, -0.2) is 4.39 Å². The van der Waals surface area contributed by atoms with E-state index in [0.717, 1.165) is 49.8 Å². The van der Waals surface area contributed by atoms with Gasteiger partial charge in [0, 0.05) is 32.5 Å². The molecule has 6 nitrogen and oxygen atoms in total. The van der Waals surface area contributed by atoms with Crippen molar-refractivity contribution < 1.29 is 14.0 Å². The smallest absolute Gasteiger partial charge is 0.272 e. The van der Waals surface area contributed by atoms with Crippen molar-refractivity contribution in [2.24, 2.45) is 7.05 Å². The van der Waals surface area contributed by atoms with Crippen LogP contribution in [0.4, 0.5) is 4.39 Å². The lowest BCUT2D eigenvalue weighted by molar-refractivity contribution is -0.140. The summed E-state index contributed by atoms with van der Waals surface area (Å²) < 4.78 is 15.1. The molecule has 3 fully saturated rings. The number of fused-ring (bicyclic) bond motifs is 1. The summed E-state index contributed by atoms with van der Waals surface area (Å²) in [5.74, 6) is 0.343. The first-order valence-electron chi connectivity index (χ1n) is 11.8. The summed E-state index contributed by atoms with van der Waals surface area (Å²) in [5, 5.41) is 4.58. The molecule has 2 atom stereocenters. The highest BCUT2D eigenvalue weighted by atomic mass is 19.1. The summed E-state index contributed by atoms with van der Waals surface area (Å²) >= 11 is 0. The zero-order chi connectivity index (χ0) is 22.5. The Kier molecular flexibility index (Phi) is 5.30. The van der Waals surface area contributed by atoms with E-state index in [-0.39, 0.29) is 23.7 Å². The predicted molar refractivity (Wildman–Crippen MR) is 118 cm³/mol. The minimum Gasteiger partial charge on any atom is -0.332 e. The zero-order valence-electron chi connectivity index (χ0n) is 18.9. The minimum absolute atomic E-state index is 0.00961. The molecule has 1 aromatic heterocycles. The molecule has 2 aliphatic heterocycles. The van der Waals surface area contributed by atoms with E-state index in [1.54, 1.807) is 16.8 Å². The van der Waals surface area contributed by atoms with E-state index in [1.165, 1.54) is 12.1 Å². The molecule has 2 saturated heterocycles. The second-order valence-corrected chi connectivity index (χ2v) is 9.83. The average Bonchev–Trinajstić information content (AvgIpc) is 3.47. The first-order valence-corrected chi connectivity index (χ1v) is 11.8. The maximum atomic E-state index is 13.6. The van der Waals surface area contributed by atoms with Crippen LogP contribution in [0.5, 0.6) is 0 Å². The van der Waals surface area contributed by atoms with Crippen molar-refractivity contribution in [3.8, 4) is 0 Å². The number of hydrogen-bond donors (Lipinski definition) is 0. The largest absolute Gasteiger partial charge is 0.332 e. The van der Waals surface area contributed by atoms with Crippen LogP contribution in [0.2, 0.25) is 0 Å². The normalized spacial score (nSPS) is 26.1. The number of hydrogen-bond acceptors (Lipinski definition) is 3. The van der Waals surface area contributed by atoms with Crippen LogP contribution in [0.25, 0.3) is 0 Å². The van der Waals surface area contributed by atoms with Crippen LogP contribution < -0.4 is 0 Å². The Morgan fingerprint density at radius 2 is 1.94 bits per heavy atom. The third-order valence-corrected chi connectivity index (χ3v) is 7.62. The van der Waals surface area contributed by atoms with Crippen molar-refractivity contribution in [2.75, 3.05) is 6.54 Å². The molecule has 3 aliphatic rings. The second-order valence-electron chi connectivity index (χ2n) is 9.83. The number of aromatic nitrogens is 2. The highest BCUT2D eigenvalue weighted by molar-refractivity contribution is 5.93. The number of likely N-dealkylation sites (tertiary alicyclic amines) is 2. The first-order chi connectivity index (χ1) is 15.4. The molecule has 0 spiro atoms. The van der Waals surface area contributed by atoms with Crippen LogP contribution in [0.15, 0.2) is 30.3 Å². The predicted octanol–water partition coefficient (Wildman–Crippen LogP) is 4.01.